The molecule has 0 radical (unpaired) electrons. The number of hydrogen-bond donors (Lipinski definition) is 1. The Morgan fingerprint density at radius 2 is 1.80 bits per heavy atom. The van der Waals surface area contributed by atoms with Gasteiger partial charge in [0.05, 0.1) is 16.8 Å². The SMILES string of the molecule is CNC(=O)/C(=N\OC)c1ccccc1Oc1nc(Oc2ccccc2Cl)ncc1F. The van der Waals surface area contributed by atoms with Gasteiger partial charge < -0.3 is 19.6 Å². The Kier molecular flexibility index (Phi) is 6.76. The van der Waals surface area contributed by atoms with Crippen molar-refractivity contribution >= 4 is 23.2 Å². The number of benzene rings is 2. The molecular formula is C20H16ClFN4O4. The van der Waals surface area contributed by atoms with Crippen molar-refractivity contribution in [3.05, 3.63) is 71.1 Å². The van der Waals surface area contributed by atoms with E-state index in [4.69, 9.17) is 25.9 Å². The van der Waals surface area contributed by atoms with E-state index in [1.165, 1.54) is 20.2 Å². The van der Waals surface area contributed by atoms with E-state index in [1.807, 2.05) is 0 Å². The van der Waals surface area contributed by atoms with Crippen LogP contribution in [0, 0.1) is 5.82 Å². The smallest absolute Gasteiger partial charge is 0.325 e. The van der Waals surface area contributed by atoms with Gasteiger partial charge in [-0.1, -0.05) is 41.0 Å². The number of aromatic nitrogens is 2. The van der Waals surface area contributed by atoms with Crippen LogP contribution in [-0.4, -0.2) is 35.7 Å². The Morgan fingerprint density at radius 1 is 1.10 bits per heavy atom. The number of ether oxygens (including phenoxy) is 2. The number of likely N-dealkylation sites (N-methyl/N-ethyl adjacent to an activating group) is 1. The fourth-order valence-electron chi connectivity index (χ4n) is 2.36. The number of carbonyl (C=O) groups excluding carboxylic acids is 1. The molecule has 0 bridgehead atoms. The highest BCUT2D eigenvalue weighted by Crippen LogP contribution is 2.30. The van der Waals surface area contributed by atoms with E-state index in [2.05, 4.69) is 20.4 Å². The van der Waals surface area contributed by atoms with Crippen LogP contribution < -0.4 is 14.8 Å². The number of para-hydroxylation sites is 2. The van der Waals surface area contributed by atoms with Gasteiger partial charge in [-0.05, 0) is 24.3 Å². The third-order valence-electron chi connectivity index (χ3n) is 3.70. The number of halogens is 2. The Labute approximate surface area is 176 Å². The number of nitrogens with zero attached hydrogens (tertiary/aromatic N) is 3. The summed E-state index contributed by atoms with van der Waals surface area (Å²) >= 11 is 6.05. The molecule has 1 aromatic heterocycles. The molecule has 2 aromatic carbocycles. The minimum absolute atomic E-state index is 0.0578. The van der Waals surface area contributed by atoms with Gasteiger partial charge in [-0.15, -0.1) is 0 Å². The van der Waals surface area contributed by atoms with E-state index in [-0.39, 0.29) is 23.0 Å². The lowest BCUT2D eigenvalue weighted by Crippen LogP contribution is -2.28. The predicted molar refractivity (Wildman–Crippen MR) is 108 cm³/mol. The molecule has 8 nitrogen and oxygen atoms in total. The van der Waals surface area contributed by atoms with Crippen molar-refractivity contribution in [1.82, 2.24) is 15.3 Å². The van der Waals surface area contributed by atoms with Gasteiger partial charge in [0.2, 0.25) is 5.82 Å². The zero-order chi connectivity index (χ0) is 21.5. The minimum Gasteiger partial charge on any atom is -0.436 e. The van der Waals surface area contributed by atoms with E-state index in [1.54, 1.807) is 42.5 Å². The molecular weight excluding hydrogens is 415 g/mol. The molecule has 0 spiro atoms. The standard InChI is InChI=1S/C20H16ClFN4O4/c1-23-18(27)17(26-28-2)12-7-3-5-9-15(12)29-19-14(22)11-24-20(25-19)30-16-10-6-4-8-13(16)21/h3-11H,1-2H3,(H,23,27)/b26-17-. The van der Waals surface area contributed by atoms with Gasteiger partial charge >= 0.3 is 6.01 Å². The van der Waals surface area contributed by atoms with Crippen molar-refractivity contribution in [3.63, 3.8) is 0 Å². The van der Waals surface area contributed by atoms with E-state index < -0.39 is 17.6 Å². The first kappa shape index (κ1) is 21.0. The van der Waals surface area contributed by atoms with Gasteiger partial charge in [0, 0.05) is 7.05 Å². The molecule has 1 N–H and O–H groups in total. The summed E-state index contributed by atoms with van der Waals surface area (Å²) < 4.78 is 25.4. The molecule has 0 fully saturated rings. The largest absolute Gasteiger partial charge is 0.436 e. The second-order valence-electron chi connectivity index (χ2n) is 5.64. The number of oxime groups is 1. The maximum absolute atomic E-state index is 14.3. The molecule has 0 aliphatic heterocycles. The van der Waals surface area contributed by atoms with E-state index in [0.717, 1.165) is 6.20 Å². The highest BCUT2D eigenvalue weighted by Gasteiger charge is 2.20. The normalized spacial score (nSPS) is 11.0. The van der Waals surface area contributed by atoms with Gasteiger partial charge in [0.15, 0.2) is 5.71 Å². The lowest BCUT2D eigenvalue weighted by Gasteiger charge is -2.12. The highest BCUT2D eigenvalue weighted by atomic mass is 35.5. The van der Waals surface area contributed by atoms with Crippen LogP contribution in [0.25, 0.3) is 0 Å². The molecule has 3 aromatic rings. The molecule has 0 aliphatic rings. The summed E-state index contributed by atoms with van der Waals surface area (Å²) in [4.78, 5) is 24.6. The Morgan fingerprint density at radius 3 is 2.50 bits per heavy atom. The lowest BCUT2D eigenvalue weighted by atomic mass is 10.1. The van der Waals surface area contributed by atoms with Gasteiger partial charge in [-0.3, -0.25) is 4.79 Å². The van der Waals surface area contributed by atoms with Crippen molar-refractivity contribution in [1.29, 1.82) is 0 Å². The summed E-state index contributed by atoms with van der Waals surface area (Å²) in [6.07, 6.45) is 0.903. The summed E-state index contributed by atoms with van der Waals surface area (Å²) in [5, 5.41) is 6.52. The number of nitrogens with one attached hydrogen (secondary N) is 1. The number of rotatable bonds is 7. The molecule has 1 heterocycles. The van der Waals surface area contributed by atoms with Crippen molar-refractivity contribution in [2.45, 2.75) is 0 Å². The van der Waals surface area contributed by atoms with Crippen molar-refractivity contribution in [2.75, 3.05) is 14.2 Å². The van der Waals surface area contributed by atoms with Gasteiger partial charge in [0.25, 0.3) is 11.8 Å². The Hall–Kier alpha value is -3.72. The topological polar surface area (TPSA) is 94.9 Å². The van der Waals surface area contributed by atoms with Crippen LogP contribution in [0.5, 0.6) is 23.4 Å². The second kappa shape index (κ2) is 9.66. The quantitative estimate of drug-likeness (QED) is 0.450. The maximum Gasteiger partial charge on any atom is 0.325 e. The zero-order valence-corrected chi connectivity index (χ0v) is 16.7. The van der Waals surface area contributed by atoms with Crippen LogP contribution >= 0.6 is 11.6 Å². The first-order valence-corrected chi connectivity index (χ1v) is 8.96. The molecule has 3 rings (SSSR count). The average Bonchev–Trinajstić information content (AvgIpc) is 2.76. The van der Waals surface area contributed by atoms with Crippen LogP contribution in [0.1, 0.15) is 5.56 Å². The first-order valence-electron chi connectivity index (χ1n) is 8.59. The zero-order valence-electron chi connectivity index (χ0n) is 15.9. The molecule has 10 heteroatoms. The lowest BCUT2D eigenvalue weighted by molar-refractivity contribution is -0.114. The van der Waals surface area contributed by atoms with E-state index in [0.29, 0.717) is 10.8 Å². The summed E-state index contributed by atoms with van der Waals surface area (Å²) in [6.45, 7) is 0. The van der Waals surface area contributed by atoms with E-state index in [9.17, 15) is 9.18 Å². The summed E-state index contributed by atoms with van der Waals surface area (Å²) in [7, 11) is 2.74. The van der Waals surface area contributed by atoms with Crippen LogP contribution in [0.3, 0.4) is 0 Å². The average molecular weight is 431 g/mol. The van der Waals surface area contributed by atoms with Crippen LogP contribution in [0.2, 0.25) is 5.02 Å². The third-order valence-corrected chi connectivity index (χ3v) is 4.01. The van der Waals surface area contributed by atoms with E-state index >= 15 is 0 Å². The van der Waals surface area contributed by atoms with Crippen LogP contribution in [0.4, 0.5) is 4.39 Å². The van der Waals surface area contributed by atoms with Crippen molar-refractivity contribution in [3.8, 4) is 23.4 Å². The highest BCUT2D eigenvalue weighted by molar-refractivity contribution is 6.45. The number of carbonyl (C=O) groups is 1. The van der Waals surface area contributed by atoms with Gasteiger partial charge in [0.1, 0.15) is 18.6 Å². The monoisotopic (exact) mass is 430 g/mol. The molecule has 0 aliphatic carbocycles. The molecule has 30 heavy (non-hydrogen) atoms. The molecule has 0 unspecified atom stereocenters. The summed E-state index contributed by atoms with van der Waals surface area (Å²) in [6, 6.07) is 12.9. The van der Waals surface area contributed by atoms with Crippen molar-refractivity contribution in [2.24, 2.45) is 5.16 Å². The molecule has 0 saturated heterocycles. The van der Waals surface area contributed by atoms with Crippen LogP contribution in [0.15, 0.2) is 59.9 Å². The minimum atomic E-state index is -0.832. The number of hydrogen-bond acceptors (Lipinski definition) is 7. The second-order valence-corrected chi connectivity index (χ2v) is 6.05. The van der Waals surface area contributed by atoms with Gasteiger partial charge in [-0.2, -0.15) is 9.37 Å². The van der Waals surface area contributed by atoms with Crippen LogP contribution in [-0.2, 0) is 9.63 Å². The fourth-order valence-corrected chi connectivity index (χ4v) is 2.54. The Balaban J connectivity index is 1.95. The maximum atomic E-state index is 14.3. The molecule has 1 amide bonds. The molecule has 0 saturated carbocycles. The third kappa shape index (κ3) is 4.81. The number of amides is 1. The predicted octanol–water partition coefficient (Wildman–Crippen LogP) is 3.95. The Bertz CT molecular complexity index is 1090. The fraction of sp³-hybridized carbons (Fsp3) is 0.100. The van der Waals surface area contributed by atoms with Gasteiger partial charge in [-0.25, -0.2) is 4.98 Å². The molecule has 154 valence electrons. The molecule has 0 atom stereocenters. The first-order chi connectivity index (χ1) is 14.5. The van der Waals surface area contributed by atoms with Crippen molar-refractivity contribution < 1.29 is 23.5 Å². The summed E-state index contributed by atoms with van der Waals surface area (Å²) in [5.74, 6) is -1.34. The summed E-state index contributed by atoms with van der Waals surface area (Å²) in [5.41, 5.74) is 0.211.